The molecular formula is C23H30N4O2. The lowest BCUT2D eigenvalue weighted by molar-refractivity contribution is -0.141. The summed E-state index contributed by atoms with van der Waals surface area (Å²) in [6.07, 6.45) is 6.53. The van der Waals surface area contributed by atoms with Gasteiger partial charge in [-0.3, -0.25) is 10.1 Å². The van der Waals surface area contributed by atoms with Crippen LogP contribution < -0.4 is 10.6 Å². The van der Waals surface area contributed by atoms with Crippen LogP contribution in [0.5, 0.6) is 0 Å². The Balaban J connectivity index is 1.51. The first kappa shape index (κ1) is 19.8. The highest BCUT2D eigenvalue weighted by molar-refractivity contribution is 6.13. The molecule has 29 heavy (non-hydrogen) atoms. The van der Waals surface area contributed by atoms with Crippen LogP contribution in [0.1, 0.15) is 64.4 Å². The molecule has 0 saturated heterocycles. The van der Waals surface area contributed by atoms with E-state index in [4.69, 9.17) is 9.98 Å². The molecule has 0 aromatic heterocycles. The van der Waals surface area contributed by atoms with Gasteiger partial charge < -0.3 is 10.4 Å². The Labute approximate surface area is 172 Å². The summed E-state index contributed by atoms with van der Waals surface area (Å²) in [5, 5.41) is 16.2. The van der Waals surface area contributed by atoms with Crippen LogP contribution in [0.3, 0.4) is 0 Å². The summed E-state index contributed by atoms with van der Waals surface area (Å²) in [5.41, 5.74) is 4.40. The van der Waals surface area contributed by atoms with Crippen LogP contribution in [-0.2, 0) is 4.79 Å². The number of nitrogens with zero attached hydrogens (tertiary/aromatic N) is 2. The lowest BCUT2D eigenvalue weighted by Crippen LogP contribution is -2.46. The molecule has 0 spiro atoms. The molecule has 0 bridgehead atoms. The molecule has 3 atom stereocenters. The topological polar surface area (TPSA) is 86.1 Å². The summed E-state index contributed by atoms with van der Waals surface area (Å²) < 4.78 is 0. The average Bonchev–Trinajstić information content (AvgIpc) is 3.30. The van der Waals surface area contributed by atoms with Crippen molar-refractivity contribution in [3.8, 4) is 0 Å². The predicted molar refractivity (Wildman–Crippen MR) is 117 cm³/mol. The molecule has 4 rings (SSSR count). The Morgan fingerprint density at radius 1 is 1.24 bits per heavy atom. The van der Waals surface area contributed by atoms with Crippen LogP contribution in [0, 0.1) is 5.92 Å². The maximum atomic E-state index is 11.3. The van der Waals surface area contributed by atoms with Crippen LogP contribution in [0.25, 0.3) is 0 Å². The highest BCUT2D eigenvalue weighted by Crippen LogP contribution is 2.39. The Morgan fingerprint density at radius 2 is 2.07 bits per heavy atom. The van der Waals surface area contributed by atoms with Gasteiger partial charge in [-0.05, 0) is 76.5 Å². The molecule has 1 aromatic rings. The van der Waals surface area contributed by atoms with E-state index in [0.29, 0.717) is 18.3 Å². The number of anilines is 1. The number of benzene rings is 1. The van der Waals surface area contributed by atoms with E-state index in [1.54, 1.807) is 0 Å². The number of hydrogen-bond donors (Lipinski definition) is 3. The van der Waals surface area contributed by atoms with Crippen LogP contribution in [0.4, 0.5) is 5.69 Å². The molecule has 6 nitrogen and oxygen atoms in total. The maximum Gasteiger partial charge on any atom is 0.306 e. The summed E-state index contributed by atoms with van der Waals surface area (Å²) in [4.78, 5) is 20.9. The minimum atomic E-state index is -0.674. The standard InChI is InChI=1S/C23H30N4O2/c1-23(2,3)27-20-18-8-5-9-19(18)25-22(26-20)24-17-7-4-6-14(13-17)15-10-11-16(12-15)21(28)29/h4,6-8,13,15-16,20,27H,5,9-12H2,1-3H3,(H,24,26)(H,28,29). The van der Waals surface area contributed by atoms with Crippen molar-refractivity contribution in [2.75, 3.05) is 5.32 Å². The Kier molecular flexibility index (Phi) is 5.30. The lowest BCUT2D eigenvalue weighted by Gasteiger charge is -2.29. The monoisotopic (exact) mass is 394 g/mol. The molecule has 3 N–H and O–H groups in total. The number of guanidine groups is 1. The second-order valence-electron chi connectivity index (χ2n) is 9.30. The van der Waals surface area contributed by atoms with Crippen molar-refractivity contribution in [3.63, 3.8) is 0 Å². The van der Waals surface area contributed by atoms with E-state index in [2.05, 4.69) is 49.6 Å². The van der Waals surface area contributed by atoms with Crippen molar-refractivity contribution in [1.29, 1.82) is 0 Å². The van der Waals surface area contributed by atoms with Gasteiger partial charge in [0.05, 0.1) is 11.6 Å². The molecule has 1 saturated carbocycles. The lowest BCUT2D eigenvalue weighted by atomic mass is 9.96. The first-order valence-corrected chi connectivity index (χ1v) is 10.5. The molecule has 2 aliphatic carbocycles. The van der Waals surface area contributed by atoms with Gasteiger partial charge in [0.25, 0.3) is 0 Å². The second kappa shape index (κ2) is 7.75. The molecule has 1 fully saturated rings. The van der Waals surface area contributed by atoms with Crippen LogP contribution in [-0.4, -0.2) is 34.5 Å². The number of aliphatic carboxylic acids is 1. The van der Waals surface area contributed by atoms with Gasteiger partial charge in [-0.15, -0.1) is 0 Å². The van der Waals surface area contributed by atoms with Gasteiger partial charge in [-0.25, -0.2) is 9.98 Å². The molecule has 0 radical (unpaired) electrons. The number of aliphatic imine (C=N–C) groups is 2. The number of allylic oxidation sites excluding steroid dienone is 1. The highest BCUT2D eigenvalue weighted by atomic mass is 16.4. The van der Waals surface area contributed by atoms with E-state index in [1.165, 1.54) is 11.1 Å². The van der Waals surface area contributed by atoms with E-state index < -0.39 is 5.97 Å². The second-order valence-corrected chi connectivity index (χ2v) is 9.30. The largest absolute Gasteiger partial charge is 0.481 e. The van der Waals surface area contributed by atoms with E-state index >= 15 is 0 Å². The highest BCUT2D eigenvalue weighted by Gasteiger charge is 2.31. The molecule has 6 heteroatoms. The molecule has 3 aliphatic rings. The van der Waals surface area contributed by atoms with E-state index in [9.17, 15) is 9.90 Å². The van der Waals surface area contributed by atoms with Gasteiger partial charge in [-0.2, -0.15) is 0 Å². The number of nitrogens with one attached hydrogen (secondary N) is 2. The first-order valence-electron chi connectivity index (χ1n) is 10.5. The van der Waals surface area contributed by atoms with Gasteiger partial charge in [0.2, 0.25) is 5.96 Å². The molecule has 1 aromatic carbocycles. The summed E-state index contributed by atoms with van der Waals surface area (Å²) in [7, 11) is 0. The Morgan fingerprint density at radius 3 is 2.79 bits per heavy atom. The normalized spacial score (nSPS) is 26.4. The summed E-state index contributed by atoms with van der Waals surface area (Å²) in [6, 6.07) is 8.25. The maximum absolute atomic E-state index is 11.3. The van der Waals surface area contributed by atoms with Gasteiger partial charge >= 0.3 is 5.97 Å². The quantitative estimate of drug-likeness (QED) is 0.710. The smallest absolute Gasteiger partial charge is 0.306 e. The fourth-order valence-electron chi connectivity index (χ4n) is 4.45. The van der Waals surface area contributed by atoms with Crippen molar-refractivity contribution < 1.29 is 9.90 Å². The van der Waals surface area contributed by atoms with E-state index in [1.807, 2.05) is 12.1 Å². The van der Waals surface area contributed by atoms with Crippen molar-refractivity contribution in [2.45, 2.75) is 70.5 Å². The first-order chi connectivity index (χ1) is 13.8. The van der Waals surface area contributed by atoms with Crippen molar-refractivity contribution in [1.82, 2.24) is 5.32 Å². The molecule has 3 unspecified atom stereocenters. The summed E-state index contributed by atoms with van der Waals surface area (Å²) in [5.74, 6) is 0.0411. The zero-order valence-electron chi connectivity index (χ0n) is 17.4. The minimum Gasteiger partial charge on any atom is -0.481 e. The zero-order chi connectivity index (χ0) is 20.6. The third kappa shape index (κ3) is 4.58. The molecular weight excluding hydrogens is 364 g/mol. The molecule has 154 valence electrons. The zero-order valence-corrected chi connectivity index (χ0v) is 17.4. The fraction of sp³-hybridized carbons (Fsp3) is 0.522. The minimum absolute atomic E-state index is 0.0474. The third-order valence-corrected chi connectivity index (χ3v) is 5.83. The number of carbonyl (C=O) groups is 1. The van der Waals surface area contributed by atoms with Crippen molar-refractivity contribution in [2.24, 2.45) is 15.9 Å². The Hall–Kier alpha value is -2.47. The SMILES string of the molecule is CC(C)(C)NC1N=C(Nc2cccc(C3CCC(C(=O)O)C3)c2)N=C2CCC=C21. The summed E-state index contributed by atoms with van der Waals surface area (Å²) in [6.45, 7) is 6.43. The fourth-order valence-corrected chi connectivity index (χ4v) is 4.45. The van der Waals surface area contributed by atoms with Crippen molar-refractivity contribution in [3.05, 3.63) is 41.5 Å². The summed E-state index contributed by atoms with van der Waals surface area (Å²) >= 11 is 0. The van der Waals surface area contributed by atoms with Gasteiger partial charge in [0, 0.05) is 16.8 Å². The van der Waals surface area contributed by atoms with Crippen LogP contribution in [0.2, 0.25) is 0 Å². The molecule has 0 amide bonds. The number of rotatable bonds is 4. The van der Waals surface area contributed by atoms with Crippen molar-refractivity contribution >= 4 is 23.3 Å². The van der Waals surface area contributed by atoms with Crippen LogP contribution in [0.15, 0.2) is 45.9 Å². The van der Waals surface area contributed by atoms with Gasteiger partial charge in [0.1, 0.15) is 6.17 Å². The van der Waals surface area contributed by atoms with Gasteiger partial charge in [0.15, 0.2) is 0 Å². The van der Waals surface area contributed by atoms with Gasteiger partial charge in [-0.1, -0.05) is 18.2 Å². The number of fused-ring (bicyclic) bond motifs is 1. The number of carboxylic acids is 1. The van der Waals surface area contributed by atoms with E-state index in [-0.39, 0.29) is 17.6 Å². The molecule has 1 aliphatic heterocycles. The third-order valence-electron chi connectivity index (χ3n) is 5.83. The predicted octanol–water partition coefficient (Wildman–Crippen LogP) is 4.31. The average molecular weight is 395 g/mol. The van der Waals surface area contributed by atoms with Crippen LogP contribution >= 0.6 is 0 Å². The van der Waals surface area contributed by atoms with E-state index in [0.717, 1.165) is 37.1 Å². The number of carboxylic acid groups (broad SMARTS) is 1. The number of hydrogen-bond acceptors (Lipinski definition) is 5. The molecule has 1 heterocycles. The Bertz CT molecular complexity index is 894.